The molecule has 0 spiro atoms. The third kappa shape index (κ3) is 1.01. The Hall–Kier alpha value is -1.58. The molecule has 12 heavy (non-hydrogen) atoms. The van der Waals surface area contributed by atoms with Crippen molar-refractivity contribution in [3.8, 4) is 0 Å². The van der Waals surface area contributed by atoms with Gasteiger partial charge in [0.15, 0.2) is 0 Å². The highest BCUT2D eigenvalue weighted by atomic mass is 15.6. The molecule has 1 aliphatic heterocycles. The first-order valence-electron chi connectivity index (χ1n) is 3.71. The fraction of sp³-hybridized carbons (Fsp3) is 0.250. The summed E-state index contributed by atoms with van der Waals surface area (Å²) in [5.41, 5.74) is 0.413. The van der Waals surface area contributed by atoms with Crippen LogP contribution in [-0.2, 0) is 5.66 Å². The van der Waals surface area contributed by atoms with Crippen LogP contribution in [0.3, 0.4) is 0 Å². The molecule has 0 N–H and O–H groups in total. The first kappa shape index (κ1) is 7.09. The van der Waals surface area contributed by atoms with E-state index in [0.717, 1.165) is 5.56 Å². The first-order valence-corrected chi connectivity index (χ1v) is 3.71. The normalized spacial score (nSPS) is 18.4. The number of hydrogen-bond donors (Lipinski definition) is 0. The van der Waals surface area contributed by atoms with Gasteiger partial charge in [-0.05, 0) is 17.4 Å². The van der Waals surface area contributed by atoms with Crippen molar-refractivity contribution >= 4 is 0 Å². The van der Waals surface area contributed by atoms with Gasteiger partial charge in [0, 0.05) is 5.56 Å². The summed E-state index contributed by atoms with van der Waals surface area (Å²) in [5, 5.41) is 14.9. The largest absolute Gasteiger partial charge is 0.217 e. The maximum absolute atomic E-state index is 3.93. The van der Waals surface area contributed by atoms with Crippen LogP contribution < -0.4 is 0 Å². The summed E-state index contributed by atoms with van der Waals surface area (Å²) in [6, 6.07) is 9.77. The maximum atomic E-state index is 3.93. The third-order valence-electron chi connectivity index (χ3n) is 1.84. The van der Waals surface area contributed by atoms with Crippen molar-refractivity contribution in [3.63, 3.8) is 0 Å². The van der Waals surface area contributed by atoms with E-state index in [2.05, 4.69) is 20.7 Å². The van der Waals surface area contributed by atoms with Crippen LogP contribution in [0.2, 0.25) is 0 Å². The Kier molecular flexibility index (Phi) is 1.46. The van der Waals surface area contributed by atoms with Gasteiger partial charge >= 0.3 is 0 Å². The molecule has 0 atom stereocenters. The zero-order valence-corrected chi connectivity index (χ0v) is 6.68. The number of hydrogen-bond acceptors (Lipinski definition) is 4. The summed E-state index contributed by atoms with van der Waals surface area (Å²) in [4.78, 5) is 0. The summed E-state index contributed by atoms with van der Waals surface area (Å²) < 4.78 is 0. The fourth-order valence-corrected chi connectivity index (χ4v) is 1.10. The van der Waals surface area contributed by atoms with E-state index in [0.29, 0.717) is 0 Å². The SMILES string of the molecule is CC1(c2ccccc2)N=NN=N1. The molecule has 1 aliphatic rings. The van der Waals surface area contributed by atoms with Gasteiger partial charge in [0.1, 0.15) is 0 Å². The quantitative estimate of drug-likeness (QED) is 0.606. The lowest BCUT2D eigenvalue weighted by atomic mass is 10.0. The molecule has 2 rings (SSSR count). The van der Waals surface area contributed by atoms with Gasteiger partial charge < -0.3 is 0 Å². The van der Waals surface area contributed by atoms with Crippen LogP contribution >= 0.6 is 0 Å². The lowest BCUT2D eigenvalue weighted by molar-refractivity contribution is 0.519. The first-order chi connectivity index (χ1) is 5.81. The molecule has 0 aliphatic carbocycles. The lowest BCUT2D eigenvalue weighted by Gasteiger charge is -2.12. The highest BCUT2D eigenvalue weighted by molar-refractivity contribution is 5.22. The summed E-state index contributed by atoms with van der Waals surface area (Å²) >= 11 is 0. The van der Waals surface area contributed by atoms with Crippen molar-refractivity contribution < 1.29 is 0 Å². The van der Waals surface area contributed by atoms with Gasteiger partial charge in [0.25, 0.3) is 0 Å². The van der Waals surface area contributed by atoms with E-state index in [1.54, 1.807) is 0 Å². The lowest BCUT2D eigenvalue weighted by Crippen LogP contribution is -2.12. The third-order valence-corrected chi connectivity index (χ3v) is 1.84. The molecule has 1 heterocycles. The smallest absolute Gasteiger partial charge is 0.130 e. The summed E-state index contributed by atoms with van der Waals surface area (Å²) in [5.74, 6) is 0. The highest BCUT2D eigenvalue weighted by Gasteiger charge is 2.28. The predicted octanol–water partition coefficient (Wildman–Crippen LogP) is 2.69. The van der Waals surface area contributed by atoms with Gasteiger partial charge in [-0.25, -0.2) is 0 Å². The molecule has 4 heteroatoms. The van der Waals surface area contributed by atoms with Crippen LogP contribution in [0.15, 0.2) is 51.0 Å². The van der Waals surface area contributed by atoms with Crippen molar-refractivity contribution in [2.24, 2.45) is 20.7 Å². The summed E-state index contributed by atoms with van der Waals surface area (Å²) in [6.45, 7) is 1.88. The minimum atomic E-state index is -0.596. The number of rotatable bonds is 1. The Bertz CT molecular complexity index is 316. The highest BCUT2D eigenvalue weighted by Crippen LogP contribution is 2.30. The molecule has 4 nitrogen and oxygen atoms in total. The van der Waals surface area contributed by atoms with Crippen LogP contribution in [0.4, 0.5) is 0 Å². The molecule has 1 aromatic carbocycles. The summed E-state index contributed by atoms with van der Waals surface area (Å²) in [7, 11) is 0. The fourth-order valence-electron chi connectivity index (χ4n) is 1.10. The second-order valence-electron chi connectivity index (χ2n) is 2.77. The molecule has 0 bridgehead atoms. The second kappa shape index (κ2) is 2.48. The van der Waals surface area contributed by atoms with Crippen LogP contribution in [-0.4, -0.2) is 0 Å². The molecular weight excluding hydrogens is 152 g/mol. The predicted molar refractivity (Wildman–Crippen MR) is 43.5 cm³/mol. The van der Waals surface area contributed by atoms with Gasteiger partial charge in [0.2, 0.25) is 5.66 Å². The topological polar surface area (TPSA) is 49.4 Å². The van der Waals surface area contributed by atoms with E-state index >= 15 is 0 Å². The number of benzene rings is 1. The molecule has 0 saturated carbocycles. The zero-order chi connectivity index (χ0) is 8.44. The zero-order valence-electron chi connectivity index (χ0n) is 6.68. The molecule has 0 amide bonds. The maximum Gasteiger partial charge on any atom is 0.217 e. The van der Waals surface area contributed by atoms with E-state index in [1.807, 2.05) is 37.3 Å². The molecular formula is C8H8N4. The van der Waals surface area contributed by atoms with Crippen molar-refractivity contribution in [2.45, 2.75) is 12.6 Å². The van der Waals surface area contributed by atoms with Crippen molar-refractivity contribution in [1.82, 2.24) is 0 Å². The molecule has 1 aromatic rings. The van der Waals surface area contributed by atoms with Gasteiger partial charge in [-0.3, -0.25) is 0 Å². The second-order valence-corrected chi connectivity index (χ2v) is 2.77. The van der Waals surface area contributed by atoms with Crippen molar-refractivity contribution in [2.75, 3.05) is 0 Å². The Balaban J connectivity index is 2.43. The molecule has 0 unspecified atom stereocenters. The Morgan fingerprint density at radius 1 is 1.00 bits per heavy atom. The van der Waals surface area contributed by atoms with Gasteiger partial charge in [-0.1, -0.05) is 30.3 Å². The van der Waals surface area contributed by atoms with E-state index in [1.165, 1.54) is 0 Å². The molecule has 0 aromatic heterocycles. The Morgan fingerprint density at radius 3 is 2.17 bits per heavy atom. The Labute approximate surface area is 70.0 Å². The Morgan fingerprint density at radius 2 is 1.58 bits per heavy atom. The molecule has 0 radical (unpaired) electrons. The van der Waals surface area contributed by atoms with Gasteiger partial charge in [-0.15, -0.1) is 10.2 Å². The van der Waals surface area contributed by atoms with E-state index < -0.39 is 5.66 Å². The minimum Gasteiger partial charge on any atom is -0.130 e. The average Bonchev–Trinajstić information content (AvgIpc) is 2.55. The number of nitrogens with zero attached hydrogens (tertiary/aromatic N) is 4. The minimum absolute atomic E-state index is 0.596. The van der Waals surface area contributed by atoms with E-state index in [9.17, 15) is 0 Å². The van der Waals surface area contributed by atoms with Crippen LogP contribution in [0.25, 0.3) is 0 Å². The summed E-state index contributed by atoms with van der Waals surface area (Å²) in [6.07, 6.45) is 0. The molecule has 0 fully saturated rings. The average molecular weight is 160 g/mol. The van der Waals surface area contributed by atoms with Crippen LogP contribution in [0.5, 0.6) is 0 Å². The molecule has 60 valence electrons. The standard InChI is InChI=1S/C8H8N4/c1-8(9-11-12-10-8)7-5-3-2-4-6-7/h2-6H,1H3. The van der Waals surface area contributed by atoms with Crippen molar-refractivity contribution in [1.29, 1.82) is 0 Å². The van der Waals surface area contributed by atoms with Crippen molar-refractivity contribution in [3.05, 3.63) is 35.9 Å². The van der Waals surface area contributed by atoms with E-state index in [4.69, 9.17) is 0 Å². The van der Waals surface area contributed by atoms with E-state index in [-0.39, 0.29) is 0 Å². The van der Waals surface area contributed by atoms with Crippen LogP contribution in [0, 0.1) is 0 Å². The van der Waals surface area contributed by atoms with Gasteiger partial charge in [0.05, 0.1) is 0 Å². The van der Waals surface area contributed by atoms with Crippen LogP contribution in [0.1, 0.15) is 12.5 Å². The van der Waals surface area contributed by atoms with Gasteiger partial charge in [-0.2, -0.15) is 0 Å². The monoisotopic (exact) mass is 160 g/mol. The molecule has 0 saturated heterocycles.